The lowest BCUT2D eigenvalue weighted by atomic mass is 10.1. The minimum Gasteiger partial charge on any atom is -0.508 e. The second-order valence-corrected chi connectivity index (χ2v) is 10.8. The van der Waals surface area contributed by atoms with Crippen molar-refractivity contribution in [2.45, 2.75) is 32.2 Å². The molecular weight excluding hydrogens is 512 g/mol. The summed E-state index contributed by atoms with van der Waals surface area (Å²) in [5.41, 5.74) is 2.60. The van der Waals surface area contributed by atoms with Gasteiger partial charge in [0.25, 0.3) is 10.0 Å². The lowest BCUT2D eigenvalue weighted by Crippen LogP contribution is -2.27. The van der Waals surface area contributed by atoms with Crippen LogP contribution in [0.25, 0.3) is 10.9 Å². The molecule has 0 amide bonds. The van der Waals surface area contributed by atoms with E-state index in [2.05, 4.69) is 15.1 Å². The Balaban J connectivity index is 1.99. The molecule has 0 unspecified atom stereocenters. The van der Waals surface area contributed by atoms with Crippen LogP contribution in [0.15, 0.2) is 76.8 Å². The summed E-state index contributed by atoms with van der Waals surface area (Å²) in [5.74, 6) is 0.0805. The number of aryl methyl sites for hydroxylation is 1. The molecule has 192 valence electrons. The molecular formula is C27H27ClN4O4S. The van der Waals surface area contributed by atoms with E-state index in [9.17, 15) is 18.4 Å². The maximum Gasteiger partial charge on any atom is 0.268 e. The number of pyridine rings is 1. The average molecular weight is 539 g/mol. The van der Waals surface area contributed by atoms with Crippen LogP contribution < -0.4 is 4.31 Å². The molecule has 0 spiro atoms. The Morgan fingerprint density at radius 1 is 0.973 bits per heavy atom. The van der Waals surface area contributed by atoms with Crippen molar-refractivity contribution in [3.63, 3.8) is 0 Å². The minimum atomic E-state index is -4.19. The molecule has 0 saturated carbocycles. The number of anilines is 2. The fraction of sp³-hybridized carbons (Fsp3) is 0.222. The van der Waals surface area contributed by atoms with Gasteiger partial charge in [0.1, 0.15) is 11.4 Å². The predicted molar refractivity (Wildman–Crippen MR) is 147 cm³/mol. The van der Waals surface area contributed by atoms with Gasteiger partial charge in [-0.2, -0.15) is 0 Å². The average Bonchev–Trinajstić information content (AvgIpc) is 2.88. The largest absolute Gasteiger partial charge is 0.508 e. The van der Waals surface area contributed by atoms with Crippen LogP contribution in [-0.4, -0.2) is 36.5 Å². The summed E-state index contributed by atoms with van der Waals surface area (Å²) in [4.78, 5) is 17.6. The zero-order valence-corrected chi connectivity index (χ0v) is 22.3. The second kappa shape index (κ2) is 10.8. The van der Waals surface area contributed by atoms with Gasteiger partial charge in [0, 0.05) is 28.2 Å². The Morgan fingerprint density at radius 3 is 2.32 bits per heavy atom. The molecule has 8 nitrogen and oxygen atoms in total. The number of benzene rings is 3. The smallest absolute Gasteiger partial charge is 0.268 e. The molecule has 10 heteroatoms. The quantitative estimate of drug-likeness (QED) is 0.239. The summed E-state index contributed by atoms with van der Waals surface area (Å²) in [6.45, 7) is 7.82. The van der Waals surface area contributed by atoms with Gasteiger partial charge in [-0.3, -0.25) is 9.88 Å². The Bertz CT molecular complexity index is 1550. The number of aromatic hydroxyl groups is 1. The van der Waals surface area contributed by atoms with Gasteiger partial charge >= 0.3 is 0 Å². The fourth-order valence-corrected chi connectivity index (χ4v) is 5.84. The van der Waals surface area contributed by atoms with Gasteiger partial charge in [-0.05, 0) is 91.9 Å². The van der Waals surface area contributed by atoms with Crippen LogP contribution in [0.2, 0.25) is 5.02 Å². The third-order valence-electron chi connectivity index (χ3n) is 6.16. The highest BCUT2D eigenvalue weighted by atomic mass is 35.5. The van der Waals surface area contributed by atoms with E-state index >= 15 is 0 Å². The zero-order valence-electron chi connectivity index (χ0n) is 20.7. The predicted octanol–water partition coefficient (Wildman–Crippen LogP) is 6.67. The summed E-state index contributed by atoms with van der Waals surface area (Å²) in [6.07, 6.45) is 0. The van der Waals surface area contributed by atoms with Crippen molar-refractivity contribution in [2.24, 2.45) is 5.18 Å². The molecule has 1 N–H and O–H groups in total. The van der Waals surface area contributed by atoms with E-state index in [1.807, 2.05) is 13.8 Å². The SMILES string of the molecule is CCN(CC)Cc1cc(N(c2cc(C)nc3cc(Cl)ccc23)S(=O)(=O)c2ccc(N=O)cc2)ccc1O. The first-order chi connectivity index (χ1) is 17.7. The van der Waals surface area contributed by atoms with Crippen LogP contribution in [0, 0.1) is 11.8 Å². The van der Waals surface area contributed by atoms with Gasteiger partial charge in [0.15, 0.2) is 0 Å². The van der Waals surface area contributed by atoms with Gasteiger partial charge in [-0.1, -0.05) is 25.4 Å². The molecule has 3 aromatic carbocycles. The lowest BCUT2D eigenvalue weighted by Gasteiger charge is -2.27. The summed E-state index contributed by atoms with van der Waals surface area (Å²) in [5, 5.41) is 14.5. The van der Waals surface area contributed by atoms with Crippen molar-refractivity contribution in [3.05, 3.63) is 87.9 Å². The van der Waals surface area contributed by atoms with Crippen LogP contribution in [0.5, 0.6) is 5.75 Å². The number of phenolic OH excluding ortho intramolecular Hbond substituents is 1. The number of halogens is 1. The third kappa shape index (κ3) is 5.44. The first-order valence-electron chi connectivity index (χ1n) is 11.8. The van der Waals surface area contributed by atoms with Crippen molar-refractivity contribution in [1.82, 2.24) is 9.88 Å². The van der Waals surface area contributed by atoms with E-state index in [-0.39, 0.29) is 16.3 Å². The van der Waals surface area contributed by atoms with Crippen LogP contribution in [0.3, 0.4) is 0 Å². The fourth-order valence-electron chi connectivity index (χ4n) is 4.18. The highest BCUT2D eigenvalue weighted by molar-refractivity contribution is 7.93. The maximum absolute atomic E-state index is 14.2. The molecule has 0 atom stereocenters. The molecule has 1 heterocycles. The van der Waals surface area contributed by atoms with Crippen LogP contribution >= 0.6 is 11.6 Å². The molecule has 0 bridgehead atoms. The van der Waals surface area contributed by atoms with Crippen molar-refractivity contribution >= 4 is 49.6 Å². The Morgan fingerprint density at radius 2 is 1.68 bits per heavy atom. The van der Waals surface area contributed by atoms with Gasteiger partial charge < -0.3 is 5.11 Å². The number of phenols is 1. The third-order valence-corrected chi connectivity index (χ3v) is 8.15. The van der Waals surface area contributed by atoms with Crippen LogP contribution in [0.1, 0.15) is 25.1 Å². The van der Waals surface area contributed by atoms with Crippen molar-refractivity contribution in [1.29, 1.82) is 0 Å². The molecule has 0 radical (unpaired) electrons. The standard InChI is InChI=1S/C27H27ClN4O4S/c1-4-31(5-2)17-19-15-22(9-13-27(19)33)32(37(35,36)23-10-7-21(30-34)8-11-23)26-14-18(3)29-25-16-20(28)6-12-24(25)26/h6-16,33H,4-5,17H2,1-3H3. The molecule has 4 rings (SSSR count). The summed E-state index contributed by atoms with van der Waals surface area (Å²) < 4.78 is 29.6. The molecule has 0 saturated heterocycles. The van der Waals surface area contributed by atoms with Gasteiger partial charge in [0.2, 0.25) is 0 Å². The molecule has 1 aromatic heterocycles. The lowest BCUT2D eigenvalue weighted by molar-refractivity contribution is 0.291. The number of nitroso groups, excluding NO2 is 1. The number of hydrogen-bond acceptors (Lipinski definition) is 7. The molecule has 37 heavy (non-hydrogen) atoms. The van der Waals surface area contributed by atoms with Crippen molar-refractivity contribution in [2.75, 3.05) is 17.4 Å². The topological polar surface area (TPSA) is 103 Å². The summed E-state index contributed by atoms with van der Waals surface area (Å²) in [7, 11) is -4.19. The Hall–Kier alpha value is -3.53. The number of nitrogens with zero attached hydrogens (tertiary/aromatic N) is 4. The normalized spacial score (nSPS) is 11.7. The molecule has 0 aliphatic carbocycles. The highest BCUT2D eigenvalue weighted by Crippen LogP contribution is 2.39. The van der Waals surface area contributed by atoms with E-state index in [0.717, 1.165) is 13.1 Å². The van der Waals surface area contributed by atoms with Gasteiger partial charge in [-0.25, -0.2) is 12.7 Å². The number of sulfonamides is 1. The number of aromatic nitrogens is 1. The zero-order chi connectivity index (χ0) is 26.7. The number of hydrogen-bond donors (Lipinski definition) is 1. The summed E-state index contributed by atoms with van der Waals surface area (Å²) in [6, 6.07) is 17.0. The number of fused-ring (bicyclic) bond motifs is 1. The minimum absolute atomic E-state index is 0.0187. The Labute approximate surface area is 221 Å². The molecule has 4 aromatic rings. The first kappa shape index (κ1) is 26.5. The van der Waals surface area contributed by atoms with E-state index in [0.29, 0.717) is 45.1 Å². The van der Waals surface area contributed by atoms with E-state index in [1.54, 1.807) is 43.3 Å². The molecule has 0 aliphatic rings. The molecule has 0 aliphatic heterocycles. The monoisotopic (exact) mass is 538 g/mol. The highest BCUT2D eigenvalue weighted by Gasteiger charge is 2.29. The Kier molecular flexibility index (Phi) is 7.77. The maximum atomic E-state index is 14.2. The molecule has 0 fully saturated rings. The van der Waals surface area contributed by atoms with Gasteiger partial charge in [-0.15, -0.1) is 4.91 Å². The first-order valence-corrected chi connectivity index (χ1v) is 13.6. The second-order valence-electron chi connectivity index (χ2n) is 8.57. The van der Waals surface area contributed by atoms with E-state index < -0.39 is 10.0 Å². The van der Waals surface area contributed by atoms with Crippen LogP contribution in [0.4, 0.5) is 17.1 Å². The number of rotatable bonds is 9. The van der Waals surface area contributed by atoms with Gasteiger partial charge in [0.05, 0.1) is 21.8 Å². The van der Waals surface area contributed by atoms with Crippen molar-refractivity contribution in [3.8, 4) is 5.75 Å². The van der Waals surface area contributed by atoms with Crippen LogP contribution in [-0.2, 0) is 16.6 Å². The van der Waals surface area contributed by atoms with E-state index in [1.165, 1.54) is 34.6 Å². The van der Waals surface area contributed by atoms with E-state index in [4.69, 9.17) is 11.6 Å². The van der Waals surface area contributed by atoms with Crippen molar-refractivity contribution < 1.29 is 13.5 Å². The summed E-state index contributed by atoms with van der Waals surface area (Å²) >= 11 is 6.21.